The topological polar surface area (TPSA) is 29.1 Å². The summed E-state index contributed by atoms with van der Waals surface area (Å²) < 4.78 is 1.25. The van der Waals surface area contributed by atoms with Gasteiger partial charge in [0.05, 0.1) is 32.7 Å². The highest BCUT2D eigenvalue weighted by atomic mass is 16.1. The SMILES string of the molecule is CCC[N+]1(CCNC(=O)CCC(C)[C@H]2CC[C@H]3[C@@H]4CCC5CCCC[C@]5(C)[C@H]4CC[C@]23C)CCCC1. The summed E-state index contributed by atoms with van der Waals surface area (Å²) in [6.45, 7) is 16.1. The summed E-state index contributed by atoms with van der Waals surface area (Å²) in [7, 11) is 0. The zero-order valence-corrected chi connectivity index (χ0v) is 24.5. The van der Waals surface area contributed by atoms with Crippen LogP contribution in [0.2, 0.25) is 0 Å². The van der Waals surface area contributed by atoms with Crippen molar-refractivity contribution in [2.75, 3.05) is 32.7 Å². The molecule has 2 unspecified atom stereocenters. The molecule has 5 fully saturated rings. The van der Waals surface area contributed by atoms with Crippen molar-refractivity contribution >= 4 is 5.91 Å². The molecule has 36 heavy (non-hydrogen) atoms. The van der Waals surface area contributed by atoms with Crippen LogP contribution in [-0.4, -0.2) is 43.1 Å². The van der Waals surface area contributed by atoms with E-state index in [4.69, 9.17) is 0 Å². The highest BCUT2D eigenvalue weighted by Crippen LogP contribution is 2.68. The van der Waals surface area contributed by atoms with E-state index in [1.165, 1.54) is 108 Å². The van der Waals surface area contributed by atoms with Crippen molar-refractivity contribution in [3.05, 3.63) is 0 Å². The maximum Gasteiger partial charge on any atom is 0.220 e. The highest BCUT2D eigenvalue weighted by molar-refractivity contribution is 5.75. The number of hydrogen-bond donors (Lipinski definition) is 1. The van der Waals surface area contributed by atoms with Crippen LogP contribution in [-0.2, 0) is 4.79 Å². The Morgan fingerprint density at radius 2 is 1.67 bits per heavy atom. The maximum atomic E-state index is 12.8. The van der Waals surface area contributed by atoms with Gasteiger partial charge >= 0.3 is 0 Å². The Hall–Kier alpha value is -0.570. The minimum absolute atomic E-state index is 0.308. The number of nitrogens with one attached hydrogen (secondary N) is 1. The third-order valence-electron chi connectivity index (χ3n) is 13.3. The molecule has 3 heteroatoms. The molecular formula is C33H59N2O+. The zero-order valence-electron chi connectivity index (χ0n) is 24.5. The normalized spacial score (nSPS) is 42.3. The predicted octanol–water partition coefficient (Wildman–Crippen LogP) is 7.59. The number of carbonyl (C=O) groups is 1. The number of likely N-dealkylation sites (tertiary alicyclic amines) is 1. The number of quaternary nitrogens is 1. The lowest BCUT2D eigenvalue weighted by Gasteiger charge is -2.61. The van der Waals surface area contributed by atoms with Crippen molar-refractivity contribution in [2.24, 2.45) is 46.3 Å². The van der Waals surface area contributed by atoms with E-state index in [-0.39, 0.29) is 0 Å². The largest absolute Gasteiger partial charge is 0.350 e. The first-order chi connectivity index (χ1) is 17.3. The fourth-order valence-corrected chi connectivity index (χ4v) is 11.4. The predicted molar refractivity (Wildman–Crippen MR) is 150 cm³/mol. The van der Waals surface area contributed by atoms with Crippen LogP contribution in [0.5, 0.6) is 0 Å². The molecule has 5 aliphatic rings. The molecule has 3 nitrogen and oxygen atoms in total. The van der Waals surface area contributed by atoms with Crippen molar-refractivity contribution in [1.82, 2.24) is 5.32 Å². The number of amides is 1. The van der Waals surface area contributed by atoms with E-state index in [1.807, 2.05) is 0 Å². The molecular weight excluding hydrogens is 440 g/mol. The minimum atomic E-state index is 0.308. The Morgan fingerprint density at radius 1 is 0.889 bits per heavy atom. The lowest BCUT2D eigenvalue weighted by atomic mass is 9.44. The fraction of sp³-hybridized carbons (Fsp3) is 0.970. The highest BCUT2D eigenvalue weighted by Gasteiger charge is 2.60. The Morgan fingerprint density at radius 3 is 2.44 bits per heavy atom. The standard InChI is InChI=1S/C33H58N2O/c1-5-21-35(22-8-9-23-35)24-20-34-31(36)16-11-25(2)28-14-15-29-27-13-12-26-10-6-7-18-32(26,3)30(27)17-19-33(28,29)4/h25-30H,5-24H2,1-4H3/p+1/t25?,26?,27-,28+,29-,30-,32-,33+/m0/s1. The Labute approximate surface area is 223 Å². The van der Waals surface area contributed by atoms with E-state index in [0.717, 1.165) is 55.5 Å². The molecule has 1 heterocycles. The third-order valence-corrected chi connectivity index (χ3v) is 13.3. The second-order valence-electron chi connectivity index (χ2n) is 14.9. The fourth-order valence-electron chi connectivity index (χ4n) is 11.4. The Kier molecular flexibility index (Phi) is 8.17. The molecule has 1 aliphatic heterocycles. The van der Waals surface area contributed by atoms with Gasteiger partial charge in [-0.3, -0.25) is 4.79 Å². The van der Waals surface area contributed by atoms with Crippen LogP contribution in [0.15, 0.2) is 0 Å². The first kappa shape index (κ1) is 27.0. The lowest BCUT2D eigenvalue weighted by molar-refractivity contribution is -0.915. The molecule has 5 rings (SSSR count). The second kappa shape index (κ2) is 10.9. The monoisotopic (exact) mass is 499 g/mol. The van der Waals surface area contributed by atoms with Crippen LogP contribution in [0.1, 0.15) is 124 Å². The number of rotatable bonds is 9. The molecule has 0 spiro atoms. The minimum Gasteiger partial charge on any atom is -0.350 e. The molecule has 0 aromatic rings. The molecule has 0 aromatic carbocycles. The average Bonchev–Trinajstić information content (AvgIpc) is 3.46. The molecule has 1 N–H and O–H groups in total. The van der Waals surface area contributed by atoms with Gasteiger partial charge in [-0.1, -0.05) is 40.5 Å². The van der Waals surface area contributed by atoms with E-state index < -0.39 is 0 Å². The van der Waals surface area contributed by atoms with Crippen LogP contribution in [0, 0.1) is 46.3 Å². The van der Waals surface area contributed by atoms with Crippen LogP contribution >= 0.6 is 0 Å². The summed E-state index contributed by atoms with van der Waals surface area (Å²) in [5, 5.41) is 3.32. The van der Waals surface area contributed by atoms with E-state index in [1.54, 1.807) is 0 Å². The van der Waals surface area contributed by atoms with Crippen molar-refractivity contribution in [1.29, 1.82) is 0 Å². The molecule has 0 aromatic heterocycles. The first-order valence-electron chi connectivity index (χ1n) is 16.4. The van der Waals surface area contributed by atoms with Gasteiger partial charge in [0.1, 0.15) is 0 Å². The molecule has 1 amide bonds. The van der Waals surface area contributed by atoms with Crippen LogP contribution < -0.4 is 5.32 Å². The summed E-state index contributed by atoms with van der Waals surface area (Å²) in [4.78, 5) is 12.8. The summed E-state index contributed by atoms with van der Waals surface area (Å²) >= 11 is 0. The number of nitrogens with zero attached hydrogens (tertiary/aromatic N) is 1. The molecule has 4 aliphatic carbocycles. The maximum absolute atomic E-state index is 12.8. The van der Waals surface area contributed by atoms with Crippen molar-refractivity contribution < 1.29 is 9.28 Å². The van der Waals surface area contributed by atoms with Gasteiger partial charge in [0.2, 0.25) is 5.91 Å². The number of hydrogen-bond acceptors (Lipinski definition) is 1. The number of carbonyl (C=O) groups excluding carboxylic acids is 1. The second-order valence-corrected chi connectivity index (χ2v) is 14.9. The molecule has 206 valence electrons. The summed E-state index contributed by atoms with van der Waals surface area (Å²) in [6, 6.07) is 0. The van der Waals surface area contributed by atoms with Crippen molar-refractivity contribution in [3.63, 3.8) is 0 Å². The quantitative estimate of drug-likeness (QED) is 0.325. The Bertz CT molecular complexity index is 759. The first-order valence-corrected chi connectivity index (χ1v) is 16.4. The average molecular weight is 500 g/mol. The number of fused-ring (bicyclic) bond motifs is 5. The summed E-state index contributed by atoms with van der Waals surface area (Å²) in [5.41, 5.74) is 1.18. The summed E-state index contributed by atoms with van der Waals surface area (Å²) in [6.07, 6.45) is 20.7. The van der Waals surface area contributed by atoms with Gasteiger partial charge in [-0.15, -0.1) is 0 Å². The third kappa shape index (κ3) is 4.93. The van der Waals surface area contributed by atoms with Crippen LogP contribution in [0.25, 0.3) is 0 Å². The van der Waals surface area contributed by atoms with Crippen LogP contribution in [0.3, 0.4) is 0 Å². The van der Waals surface area contributed by atoms with Gasteiger partial charge in [-0.25, -0.2) is 0 Å². The van der Waals surface area contributed by atoms with Gasteiger partial charge in [0.25, 0.3) is 0 Å². The molecule has 8 atom stereocenters. The van der Waals surface area contributed by atoms with E-state index >= 15 is 0 Å². The molecule has 0 bridgehead atoms. The van der Waals surface area contributed by atoms with Crippen molar-refractivity contribution in [3.8, 4) is 0 Å². The van der Waals surface area contributed by atoms with E-state index in [0.29, 0.717) is 22.7 Å². The van der Waals surface area contributed by atoms with Gasteiger partial charge in [-0.05, 0) is 111 Å². The van der Waals surface area contributed by atoms with Gasteiger partial charge in [0, 0.05) is 19.3 Å². The molecule has 0 radical (unpaired) electrons. The Balaban J connectivity index is 1.12. The summed E-state index contributed by atoms with van der Waals surface area (Å²) in [5.74, 6) is 5.79. The smallest absolute Gasteiger partial charge is 0.220 e. The van der Waals surface area contributed by atoms with E-state index in [2.05, 4.69) is 33.0 Å². The van der Waals surface area contributed by atoms with Gasteiger partial charge in [-0.2, -0.15) is 0 Å². The molecule has 4 saturated carbocycles. The van der Waals surface area contributed by atoms with Crippen LogP contribution in [0.4, 0.5) is 0 Å². The van der Waals surface area contributed by atoms with E-state index in [9.17, 15) is 4.79 Å². The molecule has 1 saturated heterocycles. The lowest BCUT2D eigenvalue weighted by Crippen LogP contribution is -2.53. The van der Waals surface area contributed by atoms with Gasteiger partial charge < -0.3 is 9.80 Å². The zero-order chi connectivity index (χ0) is 25.4. The van der Waals surface area contributed by atoms with Crippen molar-refractivity contribution in [2.45, 2.75) is 124 Å². The van der Waals surface area contributed by atoms with Gasteiger partial charge in [0.15, 0.2) is 0 Å².